The fourth-order valence-electron chi connectivity index (χ4n) is 3.01. The van der Waals surface area contributed by atoms with E-state index in [1.807, 2.05) is 34.5 Å². The molecule has 4 rings (SSSR count). The molecule has 6 nitrogen and oxygen atoms in total. The van der Waals surface area contributed by atoms with Gasteiger partial charge in [0, 0.05) is 30.6 Å². The molecule has 27 heavy (non-hydrogen) atoms. The van der Waals surface area contributed by atoms with Gasteiger partial charge in [0.1, 0.15) is 0 Å². The topological polar surface area (TPSA) is 75.2 Å². The predicted octanol–water partition coefficient (Wildman–Crippen LogP) is 3.72. The second-order valence-electron chi connectivity index (χ2n) is 6.22. The number of hydrogen-bond acceptors (Lipinski definition) is 7. The van der Waals surface area contributed by atoms with Gasteiger partial charge in [-0.1, -0.05) is 23.9 Å². The molecule has 140 valence electrons. The molecule has 0 aliphatic carbocycles. The number of aromatic nitrogens is 2. The Morgan fingerprint density at radius 2 is 2.07 bits per heavy atom. The number of likely N-dealkylation sites (tertiary alicyclic amines) is 1. The first-order chi connectivity index (χ1) is 13.2. The van der Waals surface area contributed by atoms with E-state index in [-0.39, 0.29) is 17.7 Å². The van der Waals surface area contributed by atoms with Crippen LogP contribution in [0.5, 0.6) is 0 Å². The standard InChI is InChI=1S/C18H18N4O2S3/c23-15(11-26-18-20-13-3-1-2-4-14(13)27-18)22-8-5-12(6-9-22)16(24)21-17-19-7-10-25-17/h1-4,7,10,12H,5-6,8-9,11H2,(H,19,21,24). The normalized spacial score (nSPS) is 15.2. The number of thioether (sulfide) groups is 1. The number of benzene rings is 1. The molecule has 0 radical (unpaired) electrons. The van der Waals surface area contributed by atoms with Gasteiger partial charge in [-0.15, -0.1) is 22.7 Å². The van der Waals surface area contributed by atoms with Crippen molar-refractivity contribution in [3.05, 3.63) is 35.8 Å². The number of para-hydroxylation sites is 1. The lowest BCUT2D eigenvalue weighted by molar-refractivity contribution is -0.132. The average Bonchev–Trinajstić information content (AvgIpc) is 3.35. The van der Waals surface area contributed by atoms with Crippen LogP contribution in [-0.2, 0) is 9.59 Å². The minimum absolute atomic E-state index is 0.000833. The summed E-state index contributed by atoms with van der Waals surface area (Å²) in [7, 11) is 0. The number of nitrogens with one attached hydrogen (secondary N) is 1. The van der Waals surface area contributed by atoms with Crippen molar-refractivity contribution < 1.29 is 9.59 Å². The second kappa shape index (κ2) is 8.37. The van der Waals surface area contributed by atoms with Gasteiger partial charge in [0.2, 0.25) is 11.8 Å². The molecule has 2 aromatic heterocycles. The summed E-state index contributed by atoms with van der Waals surface area (Å²) in [6, 6.07) is 7.99. The summed E-state index contributed by atoms with van der Waals surface area (Å²) in [6.45, 7) is 1.24. The Morgan fingerprint density at radius 3 is 2.81 bits per heavy atom. The number of anilines is 1. The van der Waals surface area contributed by atoms with Crippen molar-refractivity contribution in [1.82, 2.24) is 14.9 Å². The third-order valence-electron chi connectivity index (χ3n) is 4.47. The first-order valence-electron chi connectivity index (χ1n) is 8.65. The van der Waals surface area contributed by atoms with E-state index in [0.717, 1.165) is 14.6 Å². The first kappa shape index (κ1) is 18.4. The Kier molecular flexibility index (Phi) is 5.70. The highest BCUT2D eigenvalue weighted by Gasteiger charge is 2.27. The van der Waals surface area contributed by atoms with E-state index >= 15 is 0 Å². The summed E-state index contributed by atoms with van der Waals surface area (Å²) in [4.78, 5) is 35.3. The van der Waals surface area contributed by atoms with E-state index in [1.165, 1.54) is 23.1 Å². The molecular weight excluding hydrogens is 400 g/mol. The summed E-state index contributed by atoms with van der Waals surface area (Å²) in [5, 5.41) is 5.31. The molecule has 0 saturated carbocycles. The maximum atomic E-state index is 12.5. The molecule has 2 amide bonds. The Hall–Kier alpha value is -1.97. The van der Waals surface area contributed by atoms with Crippen LogP contribution in [0.3, 0.4) is 0 Å². The molecule has 0 bridgehead atoms. The summed E-state index contributed by atoms with van der Waals surface area (Å²) in [5.74, 6) is 0.435. The molecule has 3 heterocycles. The number of carbonyl (C=O) groups excluding carboxylic acids is 2. The molecule has 1 fully saturated rings. The molecule has 0 spiro atoms. The van der Waals surface area contributed by atoms with E-state index in [1.54, 1.807) is 17.5 Å². The molecule has 9 heteroatoms. The second-order valence-corrected chi connectivity index (χ2v) is 9.37. The summed E-state index contributed by atoms with van der Waals surface area (Å²) >= 11 is 4.51. The number of piperidine rings is 1. The van der Waals surface area contributed by atoms with E-state index < -0.39 is 0 Å². The number of hydrogen-bond donors (Lipinski definition) is 1. The lowest BCUT2D eigenvalue weighted by Gasteiger charge is -2.31. The van der Waals surface area contributed by atoms with E-state index in [2.05, 4.69) is 15.3 Å². The fraction of sp³-hybridized carbons (Fsp3) is 0.333. The van der Waals surface area contributed by atoms with E-state index in [9.17, 15) is 9.59 Å². The maximum Gasteiger partial charge on any atom is 0.233 e. The van der Waals surface area contributed by atoms with Gasteiger partial charge in [0.15, 0.2) is 9.47 Å². The molecule has 1 saturated heterocycles. The van der Waals surface area contributed by atoms with Crippen LogP contribution in [0.2, 0.25) is 0 Å². The van der Waals surface area contributed by atoms with Gasteiger partial charge in [0.05, 0.1) is 16.0 Å². The van der Waals surface area contributed by atoms with Crippen molar-refractivity contribution >= 4 is 61.6 Å². The van der Waals surface area contributed by atoms with Crippen molar-refractivity contribution in [2.24, 2.45) is 5.92 Å². The van der Waals surface area contributed by atoms with Crippen LogP contribution in [0.1, 0.15) is 12.8 Å². The van der Waals surface area contributed by atoms with Crippen molar-refractivity contribution in [3.8, 4) is 0 Å². The number of thiazole rings is 2. The van der Waals surface area contributed by atoms with Gasteiger partial charge in [0.25, 0.3) is 0 Å². The zero-order chi connectivity index (χ0) is 18.6. The van der Waals surface area contributed by atoms with E-state index in [4.69, 9.17) is 0 Å². The SMILES string of the molecule is O=C(Nc1nccs1)C1CCN(C(=O)CSc2nc3ccccc3s2)CC1. The lowest BCUT2D eigenvalue weighted by Crippen LogP contribution is -2.42. The Morgan fingerprint density at radius 1 is 1.26 bits per heavy atom. The van der Waals surface area contributed by atoms with Gasteiger partial charge in [-0.25, -0.2) is 9.97 Å². The zero-order valence-electron chi connectivity index (χ0n) is 14.5. The highest BCUT2D eigenvalue weighted by Crippen LogP contribution is 2.30. The molecule has 1 aliphatic rings. The minimum atomic E-state index is -0.0603. The minimum Gasteiger partial charge on any atom is -0.342 e. The quantitative estimate of drug-likeness (QED) is 0.639. The highest BCUT2D eigenvalue weighted by atomic mass is 32.2. The van der Waals surface area contributed by atoms with Crippen LogP contribution in [0, 0.1) is 5.92 Å². The molecule has 1 aromatic carbocycles. The maximum absolute atomic E-state index is 12.5. The molecule has 3 aromatic rings. The van der Waals surface area contributed by atoms with Crippen LogP contribution in [0.15, 0.2) is 40.2 Å². The number of carbonyl (C=O) groups is 2. The molecular formula is C18H18N4O2S3. The fourth-order valence-corrected chi connectivity index (χ4v) is 5.51. The third kappa shape index (κ3) is 4.48. The van der Waals surface area contributed by atoms with Crippen LogP contribution in [0.4, 0.5) is 5.13 Å². The molecule has 0 atom stereocenters. The van der Waals surface area contributed by atoms with Crippen LogP contribution in [0.25, 0.3) is 10.2 Å². The zero-order valence-corrected chi connectivity index (χ0v) is 16.9. The number of fused-ring (bicyclic) bond motifs is 1. The van der Waals surface area contributed by atoms with Crippen molar-refractivity contribution in [2.45, 2.75) is 17.2 Å². The van der Waals surface area contributed by atoms with Gasteiger partial charge in [-0.3, -0.25) is 9.59 Å². The Bertz CT molecular complexity index is 900. The van der Waals surface area contributed by atoms with Gasteiger partial charge < -0.3 is 10.2 Å². The molecule has 1 N–H and O–H groups in total. The number of nitrogens with zero attached hydrogens (tertiary/aromatic N) is 3. The van der Waals surface area contributed by atoms with Crippen molar-refractivity contribution in [3.63, 3.8) is 0 Å². The lowest BCUT2D eigenvalue weighted by atomic mass is 9.96. The van der Waals surface area contributed by atoms with Crippen molar-refractivity contribution in [2.75, 3.05) is 24.2 Å². The van der Waals surface area contributed by atoms with Crippen LogP contribution < -0.4 is 5.32 Å². The monoisotopic (exact) mass is 418 g/mol. The highest BCUT2D eigenvalue weighted by molar-refractivity contribution is 8.01. The average molecular weight is 419 g/mol. The molecule has 0 unspecified atom stereocenters. The Balaban J connectivity index is 1.25. The number of rotatable bonds is 5. The smallest absolute Gasteiger partial charge is 0.233 e. The molecule has 1 aliphatic heterocycles. The van der Waals surface area contributed by atoms with Crippen molar-refractivity contribution in [1.29, 1.82) is 0 Å². The van der Waals surface area contributed by atoms with Crippen LogP contribution in [-0.4, -0.2) is 45.5 Å². The third-order valence-corrected chi connectivity index (χ3v) is 7.33. The first-order valence-corrected chi connectivity index (χ1v) is 11.3. The van der Waals surface area contributed by atoms with E-state index in [0.29, 0.717) is 36.8 Å². The number of amides is 2. The summed E-state index contributed by atoms with van der Waals surface area (Å²) in [6.07, 6.45) is 3.05. The van der Waals surface area contributed by atoms with Crippen LogP contribution >= 0.6 is 34.4 Å². The van der Waals surface area contributed by atoms with Gasteiger partial charge >= 0.3 is 0 Å². The van der Waals surface area contributed by atoms with Gasteiger partial charge in [-0.05, 0) is 25.0 Å². The Labute approximate surface area is 169 Å². The van der Waals surface area contributed by atoms with Gasteiger partial charge in [-0.2, -0.15) is 0 Å². The largest absolute Gasteiger partial charge is 0.342 e. The summed E-state index contributed by atoms with van der Waals surface area (Å²) < 4.78 is 2.06. The summed E-state index contributed by atoms with van der Waals surface area (Å²) in [5.41, 5.74) is 0.976. The predicted molar refractivity (Wildman–Crippen MR) is 110 cm³/mol.